The van der Waals surface area contributed by atoms with E-state index in [-0.39, 0.29) is 23.8 Å². The average Bonchev–Trinajstić information content (AvgIpc) is 3.39. The first-order valence-corrected chi connectivity index (χ1v) is 14.4. The molecule has 5 rings (SSSR count). The lowest BCUT2D eigenvalue weighted by atomic mass is 9.80. The van der Waals surface area contributed by atoms with E-state index >= 15 is 0 Å². The monoisotopic (exact) mass is 567 g/mol. The highest BCUT2D eigenvalue weighted by Crippen LogP contribution is 2.40. The number of aromatic nitrogens is 3. The van der Waals surface area contributed by atoms with Gasteiger partial charge in [-0.05, 0) is 75.9 Å². The molecule has 2 fully saturated rings. The lowest BCUT2D eigenvalue weighted by Crippen LogP contribution is -2.47. The molecule has 1 saturated heterocycles. The molecule has 214 valence electrons. The number of amides is 1. The molecular formula is C29H38ClN7O3. The summed E-state index contributed by atoms with van der Waals surface area (Å²) in [7, 11) is 5.46. The van der Waals surface area contributed by atoms with Gasteiger partial charge in [0.25, 0.3) is 11.5 Å². The minimum absolute atomic E-state index is 0.108. The van der Waals surface area contributed by atoms with E-state index in [0.29, 0.717) is 34.8 Å². The van der Waals surface area contributed by atoms with Gasteiger partial charge in [-0.2, -0.15) is 4.98 Å². The van der Waals surface area contributed by atoms with E-state index in [0.717, 1.165) is 42.5 Å². The molecule has 0 bridgehead atoms. The third-order valence-electron chi connectivity index (χ3n) is 8.31. The molecule has 2 aliphatic rings. The lowest BCUT2D eigenvalue weighted by Gasteiger charge is -2.41. The molecule has 2 N–H and O–H groups in total. The van der Waals surface area contributed by atoms with Gasteiger partial charge in [-0.3, -0.25) is 9.59 Å². The smallest absolute Gasteiger partial charge is 0.293 e. The molecule has 0 spiro atoms. The predicted molar refractivity (Wildman–Crippen MR) is 159 cm³/mol. The Morgan fingerprint density at radius 1 is 1.25 bits per heavy atom. The largest absolute Gasteiger partial charge is 0.478 e. The van der Waals surface area contributed by atoms with Crippen LogP contribution in [0.5, 0.6) is 5.75 Å². The highest BCUT2D eigenvalue weighted by molar-refractivity contribution is 6.32. The SMILES string of the molecule is CCCN(C)[C@@H]1CCCC2[C@@H]1CCN2c1ncc(Cl)c(Nc2ccc3c(c2)cc(OCC(=O)NC)c(=O)n3C)n1. The van der Waals surface area contributed by atoms with Crippen LogP contribution in [0.1, 0.15) is 39.0 Å². The molecule has 1 unspecified atom stereocenters. The minimum atomic E-state index is -0.312. The molecule has 2 aromatic heterocycles. The number of hydrogen-bond acceptors (Lipinski definition) is 8. The molecule has 10 nitrogen and oxygen atoms in total. The molecule has 1 aliphatic heterocycles. The minimum Gasteiger partial charge on any atom is -0.478 e. The van der Waals surface area contributed by atoms with Gasteiger partial charge in [-0.1, -0.05) is 18.5 Å². The number of halogens is 1. The van der Waals surface area contributed by atoms with Crippen molar-refractivity contribution < 1.29 is 9.53 Å². The second-order valence-electron chi connectivity index (χ2n) is 10.8. The molecular weight excluding hydrogens is 530 g/mol. The van der Waals surface area contributed by atoms with E-state index in [4.69, 9.17) is 21.3 Å². The first-order valence-electron chi connectivity index (χ1n) is 14.0. The van der Waals surface area contributed by atoms with Crippen LogP contribution in [-0.2, 0) is 11.8 Å². The van der Waals surface area contributed by atoms with Crippen LogP contribution in [0.2, 0.25) is 5.02 Å². The Hall–Kier alpha value is -3.37. The normalized spacial score (nSPS) is 20.6. The number of rotatable bonds is 9. The summed E-state index contributed by atoms with van der Waals surface area (Å²) in [5.74, 6) is 1.65. The van der Waals surface area contributed by atoms with Crippen molar-refractivity contribution in [2.24, 2.45) is 13.0 Å². The summed E-state index contributed by atoms with van der Waals surface area (Å²) in [6.45, 7) is 4.07. The third-order valence-corrected chi connectivity index (χ3v) is 8.59. The Balaban J connectivity index is 1.38. The van der Waals surface area contributed by atoms with Gasteiger partial charge in [-0.15, -0.1) is 0 Å². The first kappa shape index (κ1) is 28.2. The number of ether oxygens (including phenoxy) is 1. The zero-order chi connectivity index (χ0) is 28.4. The Morgan fingerprint density at radius 2 is 2.08 bits per heavy atom. The molecule has 3 atom stereocenters. The summed E-state index contributed by atoms with van der Waals surface area (Å²) in [5.41, 5.74) is 1.18. The number of aryl methyl sites for hydroxylation is 1. The van der Waals surface area contributed by atoms with Gasteiger partial charge in [0, 0.05) is 43.8 Å². The Labute approximate surface area is 239 Å². The van der Waals surface area contributed by atoms with Gasteiger partial charge < -0.3 is 29.7 Å². The Kier molecular flexibility index (Phi) is 8.46. The van der Waals surface area contributed by atoms with Crippen molar-refractivity contribution in [3.05, 3.63) is 45.8 Å². The second kappa shape index (κ2) is 12.0. The molecule has 1 amide bonds. The zero-order valence-corrected chi connectivity index (χ0v) is 24.4. The van der Waals surface area contributed by atoms with Gasteiger partial charge >= 0.3 is 0 Å². The maximum Gasteiger partial charge on any atom is 0.293 e. The fraction of sp³-hybridized carbons (Fsp3) is 0.517. The van der Waals surface area contributed by atoms with Crippen molar-refractivity contribution in [3.8, 4) is 5.75 Å². The van der Waals surface area contributed by atoms with Crippen molar-refractivity contribution in [1.29, 1.82) is 0 Å². The van der Waals surface area contributed by atoms with E-state index in [1.165, 1.54) is 30.9 Å². The zero-order valence-electron chi connectivity index (χ0n) is 23.6. The maximum atomic E-state index is 12.7. The fourth-order valence-corrected chi connectivity index (χ4v) is 6.47. The van der Waals surface area contributed by atoms with Crippen LogP contribution in [0, 0.1) is 5.92 Å². The summed E-state index contributed by atoms with van der Waals surface area (Å²) < 4.78 is 7.00. The number of carbonyl (C=O) groups excluding carboxylic acids is 1. The van der Waals surface area contributed by atoms with Crippen LogP contribution in [0.4, 0.5) is 17.5 Å². The number of likely N-dealkylation sites (N-methyl/N-ethyl adjacent to an activating group) is 1. The van der Waals surface area contributed by atoms with E-state index in [1.807, 2.05) is 18.2 Å². The second-order valence-corrected chi connectivity index (χ2v) is 11.2. The number of carbonyl (C=O) groups is 1. The molecule has 3 heterocycles. The van der Waals surface area contributed by atoms with Crippen LogP contribution in [-0.4, -0.2) is 71.2 Å². The fourth-order valence-electron chi connectivity index (χ4n) is 6.33. The molecule has 3 aromatic rings. The number of pyridine rings is 1. The maximum absolute atomic E-state index is 12.7. The number of nitrogens with zero attached hydrogens (tertiary/aromatic N) is 5. The van der Waals surface area contributed by atoms with E-state index in [9.17, 15) is 9.59 Å². The molecule has 1 aromatic carbocycles. The van der Waals surface area contributed by atoms with Crippen LogP contribution in [0.15, 0.2) is 35.3 Å². The van der Waals surface area contributed by atoms with Crippen molar-refractivity contribution in [1.82, 2.24) is 24.8 Å². The van der Waals surface area contributed by atoms with Crippen molar-refractivity contribution in [2.45, 2.75) is 51.1 Å². The Bertz CT molecular complexity index is 1450. The number of fused-ring (bicyclic) bond motifs is 2. The summed E-state index contributed by atoms with van der Waals surface area (Å²) in [6, 6.07) is 8.33. The van der Waals surface area contributed by atoms with Gasteiger partial charge in [0.2, 0.25) is 5.95 Å². The lowest BCUT2D eigenvalue weighted by molar-refractivity contribution is -0.122. The van der Waals surface area contributed by atoms with Gasteiger partial charge in [0.1, 0.15) is 5.02 Å². The van der Waals surface area contributed by atoms with Crippen LogP contribution in [0.3, 0.4) is 0 Å². The molecule has 1 saturated carbocycles. The standard InChI is InChI=1S/C29H38ClN7O3/c1-5-12-35(3)23-7-6-8-24-20(23)11-13-37(24)29-32-16-21(30)27(34-29)33-19-9-10-22-18(14-19)15-25(28(39)36(22)4)40-17-26(38)31-2/h9-10,14-16,20,23-24H,5-8,11-13,17H2,1-4H3,(H,31,38)(H,32,33,34)/t20-,23-,24?/m1/s1. The van der Waals surface area contributed by atoms with E-state index in [1.54, 1.807) is 19.3 Å². The Morgan fingerprint density at radius 3 is 2.85 bits per heavy atom. The summed E-state index contributed by atoms with van der Waals surface area (Å²) in [6.07, 6.45) is 7.60. The third kappa shape index (κ3) is 5.60. The van der Waals surface area contributed by atoms with Crippen molar-refractivity contribution in [2.75, 3.05) is 44.0 Å². The van der Waals surface area contributed by atoms with Gasteiger partial charge in [0.05, 0.1) is 11.7 Å². The number of hydrogen-bond donors (Lipinski definition) is 2. The average molecular weight is 568 g/mol. The van der Waals surface area contributed by atoms with Crippen molar-refractivity contribution >= 4 is 45.9 Å². The molecule has 40 heavy (non-hydrogen) atoms. The van der Waals surface area contributed by atoms with E-state index < -0.39 is 0 Å². The quantitative estimate of drug-likeness (QED) is 0.401. The first-order chi connectivity index (χ1) is 19.3. The van der Waals surface area contributed by atoms with Crippen LogP contribution < -0.4 is 25.8 Å². The summed E-state index contributed by atoms with van der Waals surface area (Å²) in [4.78, 5) is 38.7. The van der Waals surface area contributed by atoms with E-state index in [2.05, 4.69) is 39.4 Å². The number of benzene rings is 1. The van der Waals surface area contributed by atoms with Crippen LogP contribution >= 0.6 is 11.6 Å². The number of anilines is 3. The predicted octanol–water partition coefficient (Wildman–Crippen LogP) is 3.94. The number of nitrogens with one attached hydrogen (secondary N) is 2. The highest BCUT2D eigenvalue weighted by atomic mass is 35.5. The summed E-state index contributed by atoms with van der Waals surface area (Å²) in [5, 5.41) is 7.04. The van der Waals surface area contributed by atoms with Gasteiger partial charge in [-0.25, -0.2) is 4.98 Å². The highest BCUT2D eigenvalue weighted by Gasteiger charge is 2.43. The molecule has 0 radical (unpaired) electrons. The van der Waals surface area contributed by atoms with Gasteiger partial charge in [0.15, 0.2) is 18.2 Å². The summed E-state index contributed by atoms with van der Waals surface area (Å²) >= 11 is 6.55. The van der Waals surface area contributed by atoms with Crippen LogP contribution in [0.25, 0.3) is 10.9 Å². The molecule has 1 aliphatic carbocycles. The van der Waals surface area contributed by atoms with Crippen molar-refractivity contribution in [3.63, 3.8) is 0 Å². The molecule has 11 heteroatoms. The topological polar surface area (TPSA) is 105 Å².